The van der Waals surface area contributed by atoms with Crippen molar-refractivity contribution in [2.75, 3.05) is 12.4 Å². The van der Waals surface area contributed by atoms with Crippen molar-refractivity contribution in [3.8, 4) is 0 Å². The molecule has 0 amide bonds. The fourth-order valence-corrected chi connectivity index (χ4v) is 2.44. The van der Waals surface area contributed by atoms with E-state index in [1.807, 2.05) is 18.2 Å². The summed E-state index contributed by atoms with van der Waals surface area (Å²) in [5.41, 5.74) is 0.977. The maximum absolute atomic E-state index is 4.01. The molecule has 0 aromatic heterocycles. The Morgan fingerprint density at radius 3 is 2.82 bits per heavy atom. The first-order valence-electron chi connectivity index (χ1n) is 6.27. The summed E-state index contributed by atoms with van der Waals surface area (Å²) in [6, 6.07) is 8.12. The van der Waals surface area contributed by atoms with Gasteiger partial charge in [-0.05, 0) is 31.8 Å². The van der Waals surface area contributed by atoms with E-state index in [4.69, 9.17) is 0 Å². The van der Waals surface area contributed by atoms with Gasteiger partial charge in [-0.2, -0.15) is 0 Å². The highest BCUT2D eigenvalue weighted by atomic mass is 32.2. The minimum atomic E-state index is 0.943. The Morgan fingerprint density at radius 2 is 2.06 bits per heavy atom. The molecule has 0 saturated carbocycles. The molecule has 0 fully saturated rings. The number of unbranched alkanes of at least 4 members (excludes halogenated alkanes) is 3. The van der Waals surface area contributed by atoms with Crippen molar-refractivity contribution in [1.82, 2.24) is 5.32 Å². The minimum Gasteiger partial charge on any atom is -0.308 e. The van der Waals surface area contributed by atoms with Gasteiger partial charge in [0.25, 0.3) is 0 Å². The van der Waals surface area contributed by atoms with Crippen molar-refractivity contribution in [2.24, 2.45) is 4.99 Å². The quantitative estimate of drug-likeness (QED) is 0.307. The molecule has 0 radical (unpaired) electrons. The first-order chi connectivity index (χ1) is 8.38. The number of benzene rings is 1. The van der Waals surface area contributed by atoms with Crippen LogP contribution in [0.3, 0.4) is 0 Å². The Kier molecular flexibility index (Phi) is 7.76. The minimum absolute atomic E-state index is 0.943. The number of rotatable bonds is 9. The lowest BCUT2D eigenvalue weighted by Crippen LogP contribution is -2.14. The van der Waals surface area contributed by atoms with Crippen molar-refractivity contribution in [3.05, 3.63) is 24.3 Å². The molecule has 0 bridgehead atoms. The molecule has 94 valence electrons. The van der Waals surface area contributed by atoms with Gasteiger partial charge in [0, 0.05) is 10.8 Å². The average Bonchev–Trinajstić information content (AvgIpc) is 2.38. The molecule has 1 rings (SSSR count). The molecular weight excluding hydrogens is 228 g/mol. The van der Waals surface area contributed by atoms with Gasteiger partial charge in [-0.25, -0.2) is 0 Å². The lowest BCUT2D eigenvalue weighted by Gasteiger charge is -2.06. The third-order valence-electron chi connectivity index (χ3n) is 2.57. The van der Waals surface area contributed by atoms with Crippen LogP contribution in [0.4, 0.5) is 5.69 Å². The van der Waals surface area contributed by atoms with Crippen LogP contribution in [0.5, 0.6) is 0 Å². The second-order valence-electron chi connectivity index (χ2n) is 3.98. The van der Waals surface area contributed by atoms with E-state index < -0.39 is 0 Å². The van der Waals surface area contributed by atoms with Crippen LogP contribution in [-0.4, -0.2) is 19.1 Å². The van der Waals surface area contributed by atoms with Crippen molar-refractivity contribution in [3.63, 3.8) is 0 Å². The third-order valence-corrected chi connectivity index (χ3v) is 3.58. The van der Waals surface area contributed by atoms with Gasteiger partial charge in [0.1, 0.15) is 0 Å². The second kappa shape index (κ2) is 9.25. The number of aliphatic imine (C=N–C) groups is 1. The van der Waals surface area contributed by atoms with E-state index in [9.17, 15) is 0 Å². The zero-order valence-electron chi connectivity index (χ0n) is 10.6. The molecule has 0 aliphatic carbocycles. The van der Waals surface area contributed by atoms with Crippen LogP contribution in [0, 0.1) is 0 Å². The molecule has 1 aromatic carbocycles. The number of para-hydroxylation sites is 1. The zero-order chi connectivity index (χ0) is 12.3. The van der Waals surface area contributed by atoms with E-state index in [1.165, 1.54) is 30.6 Å². The maximum atomic E-state index is 4.01. The summed E-state index contributed by atoms with van der Waals surface area (Å²) in [6.45, 7) is 6.93. The largest absolute Gasteiger partial charge is 0.308 e. The standard InChI is InChI=1S/C14H22N2S/c1-3-4-5-8-11-16-12-17-14-10-7-6-9-13(14)15-2/h6-7,9-10,16H,2-5,8,11-12H2,1H3. The van der Waals surface area contributed by atoms with Crippen molar-refractivity contribution >= 4 is 24.2 Å². The fourth-order valence-electron chi connectivity index (χ4n) is 1.59. The van der Waals surface area contributed by atoms with E-state index in [0.29, 0.717) is 0 Å². The van der Waals surface area contributed by atoms with Gasteiger partial charge in [-0.15, -0.1) is 11.8 Å². The summed E-state index contributed by atoms with van der Waals surface area (Å²) in [4.78, 5) is 5.21. The van der Waals surface area contributed by atoms with E-state index in [0.717, 1.165) is 18.1 Å². The normalized spacial score (nSPS) is 10.4. The van der Waals surface area contributed by atoms with Crippen molar-refractivity contribution in [1.29, 1.82) is 0 Å². The van der Waals surface area contributed by atoms with Crippen LogP contribution >= 0.6 is 11.8 Å². The first kappa shape index (κ1) is 14.3. The molecule has 2 nitrogen and oxygen atoms in total. The highest BCUT2D eigenvalue weighted by molar-refractivity contribution is 7.99. The topological polar surface area (TPSA) is 24.4 Å². The fraction of sp³-hybridized carbons (Fsp3) is 0.500. The molecule has 0 aliphatic rings. The molecule has 3 heteroatoms. The van der Waals surface area contributed by atoms with E-state index in [2.05, 4.69) is 30.0 Å². The summed E-state index contributed by atoms with van der Waals surface area (Å²) in [7, 11) is 0. The highest BCUT2D eigenvalue weighted by Crippen LogP contribution is 2.27. The second-order valence-corrected chi connectivity index (χ2v) is 4.99. The molecule has 17 heavy (non-hydrogen) atoms. The van der Waals surface area contributed by atoms with Crippen LogP contribution in [0.1, 0.15) is 32.6 Å². The van der Waals surface area contributed by atoms with Gasteiger partial charge in [-0.1, -0.05) is 38.3 Å². The summed E-state index contributed by atoms with van der Waals surface area (Å²) in [5, 5.41) is 3.44. The van der Waals surface area contributed by atoms with Gasteiger partial charge < -0.3 is 5.32 Å². The summed E-state index contributed by atoms with van der Waals surface area (Å²) in [5.74, 6) is 0.943. The molecule has 1 aromatic rings. The maximum Gasteiger partial charge on any atom is 0.0758 e. The molecular formula is C14H22N2S. The Balaban J connectivity index is 2.15. The number of hydrogen-bond acceptors (Lipinski definition) is 3. The van der Waals surface area contributed by atoms with Crippen LogP contribution in [-0.2, 0) is 0 Å². The van der Waals surface area contributed by atoms with Gasteiger partial charge >= 0.3 is 0 Å². The van der Waals surface area contributed by atoms with Gasteiger partial charge in [0.05, 0.1) is 5.69 Å². The predicted octanol–water partition coefficient (Wildman–Crippen LogP) is 4.24. The van der Waals surface area contributed by atoms with Gasteiger partial charge in [-0.3, -0.25) is 4.99 Å². The van der Waals surface area contributed by atoms with Gasteiger partial charge in [0.15, 0.2) is 0 Å². The smallest absolute Gasteiger partial charge is 0.0758 e. The van der Waals surface area contributed by atoms with E-state index in [-0.39, 0.29) is 0 Å². The van der Waals surface area contributed by atoms with E-state index in [1.54, 1.807) is 11.8 Å². The van der Waals surface area contributed by atoms with Crippen LogP contribution < -0.4 is 5.32 Å². The first-order valence-corrected chi connectivity index (χ1v) is 7.26. The molecule has 0 unspecified atom stereocenters. The van der Waals surface area contributed by atoms with Crippen LogP contribution in [0.25, 0.3) is 0 Å². The number of nitrogens with zero attached hydrogens (tertiary/aromatic N) is 1. The van der Waals surface area contributed by atoms with Crippen LogP contribution in [0.2, 0.25) is 0 Å². The Labute approximate surface area is 109 Å². The lowest BCUT2D eigenvalue weighted by atomic mass is 10.2. The average molecular weight is 250 g/mol. The highest BCUT2D eigenvalue weighted by Gasteiger charge is 1.99. The molecule has 0 spiro atoms. The molecule has 0 aliphatic heterocycles. The Bertz CT molecular complexity index is 326. The van der Waals surface area contributed by atoms with E-state index >= 15 is 0 Å². The van der Waals surface area contributed by atoms with Gasteiger partial charge in [0.2, 0.25) is 0 Å². The molecule has 0 heterocycles. The molecule has 0 atom stereocenters. The third kappa shape index (κ3) is 5.89. The Hall–Kier alpha value is -0.800. The zero-order valence-corrected chi connectivity index (χ0v) is 11.4. The number of thioether (sulfide) groups is 1. The predicted molar refractivity (Wildman–Crippen MR) is 78.5 cm³/mol. The Morgan fingerprint density at radius 1 is 1.24 bits per heavy atom. The molecule has 1 N–H and O–H groups in total. The lowest BCUT2D eigenvalue weighted by molar-refractivity contribution is 0.629. The van der Waals surface area contributed by atoms with Crippen LogP contribution in [0.15, 0.2) is 34.2 Å². The monoisotopic (exact) mass is 250 g/mol. The number of nitrogens with one attached hydrogen (secondary N) is 1. The SMILES string of the molecule is C=Nc1ccccc1SCNCCCCCC. The number of hydrogen-bond donors (Lipinski definition) is 1. The summed E-state index contributed by atoms with van der Waals surface area (Å²) in [6.07, 6.45) is 5.25. The summed E-state index contributed by atoms with van der Waals surface area (Å²) < 4.78 is 0. The summed E-state index contributed by atoms with van der Waals surface area (Å²) >= 11 is 1.79. The van der Waals surface area contributed by atoms with Crippen molar-refractivity contribution < 1.29 is 0 Å². The van der Waals surface area contributed by atoms with Crippen molar-refractivity contribution in [2.45, 2.75) is 37.5 Å². The molecule has 0 saturated heterocycles.